The Kier molecular flexibility index (Phi) is 3.21. The number of aryl methyl sites for hydroxylation is 2. The zero-order valence-corrected chi connectivity index (χ0v) is 10.3. The van der Waals surface area contributed by atoms with Crippen molar-refractivity contribution in [1.29, 1.82) is 0 Å². The second kappa shape index (κ2) is 4.68. The molecule has 3 heterocycles. The first-order chi connectivity index (χ1) is 8.63. The van der Waals surface area contributed by atoms with Gasteiger partial charge in [0.1, 0.15) is 17.2 Å². The molecule has 0 fully saturated rings. The molecule has 0 amide bonds. The average molecular weight is 257 g/mol. The molecule has 0 aliphatic heterocycles. The third-order valence-corrected chi connectivity index (χ3v) is 2.76. The molecule has 0 atom stereocenters. The van der Waals surface area contributed by atoms with Crippen molar-refractivity contribution in [1.82, 2.24) is 19.4 Å². The Morgan fingerprint density at radius 2 is 2.00 bits per heavy atom. The number of rotatable bonds is 1. The van der Waals surface area contributed by atoms with E-state index in [1.54, 1.807) is 12.3 Å². The van der Waals surface area contributed by atoms with Crippen LogP contribution in [0.2, 0.25) is 0 Å². The van der Waals surface area contributed by atoms with Crippen molar-refractivity contribution in [3.05, 3.63) is 41.9 Å². The first-order valence-corrected chi connectivity index (χ1v) is 5.69. The Morgan fingerprint density at radius 3 is 2.74 bits per heavy atom. The van der Waals surface area contributed by atoms with Gasteiger partial charge in [-0.15, -0.1) is 0 Å². The van der Waals surface area contributed by atoms with E-state index in [2.05, 4.69) is 15.0 Å². The van der Waals surface area contributed by atoms with Gasteiger partial charge in [0.25, 0.3) is 0 Å². The van der Waals surface area contributed by atoms with Gasteiger partial charge in [0, 0.05) is 19.4 Å². The lowest BCUT2D eigenvalue weighted by Crippen LogP contribution is -1.99. The van der Waals surface area contributed by atoms with E-state index >= 15 is 0 Å². The van der Waals surface area contributed by atoms with Crippen LogP contribution in [-0.2, 0) is 0 Å². The highest BCUT2D eigenvalue weighted by Crippen LogP contribution is 2.19. The fraction of sp³-hybridized carbons (Fsp3) is 0.214. The largest absolute Gasteiger partial charge is 0.384 e. The van der Waals surface area contributed by atoms with Crippen LogP contribution in [-0.4, -0.2) is 19.4 Å². The number of nitrogen functional groups attached to an aromatic ring is 1. The molecule has 0 unspecified atom stereocenters. The Labute approximate surface area is 113 Å². The monoisotopic (exact) mass is 257 g/mol. The number of anilines is 1. The molecule has 5 heteroatoms. The Hall–Kier alpha value is -2.43. The molecule has 0 spiro atoms. The highest BCUT2D eigenvalue weighted by atomic mass is 15.1. The molecule has 2 N–H and O–H groups in total. The van der Waals surface area contributed by atoms with E-state index in [0.717, 1.165) is 22.6 Å². The van der Waals surface area contributed by atoms with Gasteiger partial charge in [-0.1, -0.05) is 13.5 Å². The van der Waals surface area contributed by atoms with Crippen LogP contribution in [0.25, 0.3) is 17.2 Å². The number of imidazole rings is 1. The van der Waals surface area contributed by atoms with Crippen LogP contribution in [0.4, 0.5) is 5.82 Å². The summed E-state index contributed by atoms with van der Waals surface area (Å²) in [5.41, 5.74) is 9.49. The summed E-state index contributed by atoms with van der Waals surface area (Å²) in [6.45, 7) is 3.94. The van der Waals surface area contributed by atoms with Crippen molar-refractivity contribution in [2.45, 2.75) is 21.3 Å². The number of nitrogens with two attached hydrogens (primary N) is 1. The van der Waals surface area contributed by atoms with Gasteiger partial charge in [0.05, 0.1) is 6.20 Å². The Morgan fingerprint density at radius 1 is 1.21 bits per heavy atom. The zero-order valence-electron chi connectivity index (χ0n) is 10.3. The van der Waals surface area contributed by atoms with E-state index in [9.17, 15) is 0 Å². The molecule has 0 saturated heterocycles. The highest BCUT2D eigenvalue weighted by Gasteiger charge is 2.09. The maximum absolute atomic E-state index is 5.76. The number of pyridine rings is 1. The van der Waals surface area contributed by atoms with Gasteiger partial charge < -0.3 is 5.73 Å². The van der Waals surface area contributed by atoms with Crippen molar-refractivity contribution in [2.75, 3.05) is 5.73 Å². The van der Waals surface area contributed by atoms with E-state index in [0.29, 0.717) is 11.6 Å². The fourth-order valence-electron chi connectivity index (χ4n) is 1.96. The van der Waals surface area contributed by atoms with Gasteiger partial charge in [-0.25, -0.2) is 15.0 Å². The van der Waals surface area contributed by atoms with Gasteiger partial charge in [0.2, 0.25) is 0 Å². The average Bonchev–Trinajstić information content (AvgIpc) is 2.70. The number of nitrogens with zero attached hydrogens (tertiary/aromatic N) is 4. The summed E-state index contributed by atoms with van der Waals surface area (Å²) in [6.07, 6.45) is 3.78. The minimum Gasteiger partial charge on any atom is -0.384 e. The third kappa shape index (κ3) is 2.27. The lowest BCUT2D eigenvalue weighted by Gasteiger charge is -2.03. The molecule has 0 aliphatic rings. The van der Waals surface area contributed by atoms with Crippen molar-refractivity contribution < 1.29 is 1.43 Å². The second-order valence-corrected chi connectivity index (χ2v) is 4.34. The predicted molar refractivity (Wildman–Crippen MR) is 78.9 cm³/mol. The van der Waals surface area contributed by atoms with Crippen LogP contribution in [0.3, 0.4) is 0 Å². The first kappa shape index (κ1) is 13.0. The fourth-order valence-corrected chi connectivity index (χ4v) is 1.96. The van der Waals surface area contributed by atoms with Crippen LogP contribution < -0.4 is 5.73 Å². The second-order valence-electron chi connectivity index (χ2n) is 4.34. The van der Waals surface area contributed by atoms with E-state index < -0.39 is 0 Å². The normalized spacial score (nSPS) is 10.4. The molecule has 0 saturated carbocycles. The molecule has 3 rings (SSSR count). The van der Waals surface area contributed by atoms with Gasteiger partial charge in [0.15, 0.2) is 5.82 Å². The highest BCUT2D eigenvalue weighted by molar-refractivity contribution is 5.58. The number of hydrogen-bond donors (Lipinski definition) is 1. The third-order valence-electron chi connectivity index (χ3n) is 2.76. The molecule has 0 bridgehead atoms. The lowest BCUT2D eigenvalue weighted by molar-refractivity contribution is 1.07. The molecule has 5 nitrogen and oxygen atoms in total. The summed E-state index contributed by atoms with van der Waals surface area (Å²) >= 11 is 0. The minimum absolute atomic E-state index is 0. The van der Waals surface area contributed by atoms with Gasteiger partial charge in [-0.2, -0.15) is 0 Å². The van der Waals surface area contributed by atoms with E-state index in [-0.39, 0.29) is 8.85 Å². The molecule has 100 valence electrons. The van der Waals surface area contributed by atoms with Crippen molar-refractivity contribution >= 4 is 11.5 Å². The smallest absolute Gasteiger partial charge is 0.180 e. The minimum atomic E-state index is 0. The molecular formula is C14H19N5. The summed E-state index contributed by atoms with van der Waals surface area (Å²) in [6, 6.07) is 5.74. The molecule has 3 aromatic rings. The van der Waals surface area contributed by atoms with Crippen LogP contribution in [0.5, 0.6) is 0 Å². The summed E-state index contributed by atoms with van der Waals surface area (Å²) < 4.78 is 1.98. The standard InChI is InChI=1S/C13H13N5.CH4.H2/c1-8-3-4-12-15-6-10(18(12)7-8)13-16-9(2)5-11(14)17-13;;/h3-7H,1-2H3,(H2,14,16,17);1H4;1H. The van der Waals surface area contributed by atoms with Crippen LogP contribution in [0.1, 0.15) is 20.1 Å². The quantitative estimate of drug-likeness (QED) is 0.727. The molecular weight excluding hydrogens is 238 g/mol. The topological polar surface area (TPSA) is 69.1 Å². The SMILES string of the molecule is C.Cc1ccc2ncc(-c3nc(C)cc(N)n3)n2c1.[HH]. The molecule has 0 aromatic carbocycles. The van der Waals surface area contributed by atoms with E-state index in [4.69, 9.17) is 5.73 Å². The lowest BCUT2D eigenvalue weighted by atomic mass is 10.3. The first-order valence-electron chi connectivity index (χ1n) is 5.69. The Balaban J connectivity index is 0.000001000. The van der Waals surface area contributed by atoms with Gasteiger partial charge in [-0.05, 0) is 25.5 Å². The zero-order chi connectivity index (χ0) is 12.7. The maximum atomic E-state index is 5.76. The van der Waals surface area contributed by atoms with Gasteiger partial charge >= 0.3 is 0 Å². The summed E-state index contributed by atoms with van der Waals surface area (Å²) in [4.78, 5) is 13.0. The van der Waals surface area contributed by atoms with E-state index in [1.807, 2.05) is 36.6 Å². The molecule has 3 aromatic heterocycles. The molecule has 0 radical (unpaired) electrons. The maximum Gasteiger partial charge on any atom is 0.180 e. The van der Waals surface area contributed by atoms with E-state index in [1.165, 1.54) is 0 Å². The predicted octanol–water partition coefficient (Wildman–Crippen LogP) is 2.87. The Bertz CT molecular complexity index is 715. The van der Waals surface area contributed by atoms with Crippen molar-refractivity contribution in [2.24, 2.45) is 0 Å². The van der Waals surface area contributed by atoms with Crippen molar-refractivity contribution in [3.63, 3.8) is 0 Å². The summed E-state index contributed by atoms with van der Waals surface area (Å²) in [7, 11) is 0. The van der Waals surface area contributed by atoms with Crippen LogP contribution >= 0.6 is 0 Å². The summed E-state index contributed by atoms with van der Waals surface area (Å²) in [5.74, 6) is 1.07. The van der Waals surface area contributed by atoms with Crippen LogP contribution in [0.15, 0.2) is 30.6 Å². The molecule has 19 heavy (non-hydrogen) atoms. The number of aromatic nitrogens is 4. The number of hydrogen-bond acceptors (Lipinski definition) is 4. The molecule has 0 aliphatic carbocycles. The summed E-state index contributed by atoms with van der Waals surface area (Å²) in [5, 5.41) is 0. The number of fused-ring (bicyclic) bond motifs is 1. The van der Waals surface area contributed by atoms with Gasteiger partial charge in [-0.3, -0.25) is 4.40 Å². The van der Waals surface area contributed by atoms with Crippen LogP contribution in [0, 0.1) is 13.8 Å². The van der Waals surface area contributed by atoms with Crippen molar-refractivity contribution in [3.8, 4) is 11.5 Å².